The summed E-state index contributed by atoms with van der Waals surface area (Å²) in [7, 11) is 0. The van der Waals surface area contributed by atoms with Crippen molar-refractivity contribution in [1.82, 2.24) is 0 Å². The molecule has 5 saturated heterocycles. The summed E-state index contributed by atoms with van der Waals surface area (Å²) in [5.41, 5.74) is 1.00. The summed E-state index contributed by atoms with van der Waals surface area (Å²) in [5, 5.41) is 11.2. The zero-order valence-electron chi connectivity index (χ0n) is 23.0. The number of hydrogen-bond acceptors (Lipinski definition) is 6. The maximum absolute atomic E-state index is 11.9. The zero-order valence-corrected chi connectivity index (χ0v) is 23.0. The number of carbonyl (C=O) groups is 1. The third-order valence-corrected chi connectivity index (χ3v) is 10.6. The van der Waals surface area contributed by atoms with E-state index in [1.165, 1.54) is 18.4 Å². The van der Waals surface area contributed by atoms with Gasteiger partial charge in [0.25, 0.3) is 0 Å². The summed E-state index contributed by atoms with van der Waals surface area (Å²) in [6.45, 7) is 16.3. The number of esters is 1. The van der Waals surface area contributed by atoms with Gasteiger partial charge in [-0.05, 0) is 88.9 Å². The largest absolute Gasteiger partial charge is 0.462 e. The van der Waals surface area contributed by atoms with Crippen LogP contribution in [-0.4, -0.2) is 47.1 Å². The number of carbonyl (C=O) groups excluding carboxylic acids is 1. The van der Waals surface area contributed by atoms with Crippen LogP contribution in [-0.2, 0) is 23.7 Å². The van der Waals surface area contributed by atoms with Crippen molar-refractivity contribution in [1.29, 1.82) is 0 Å². The van der Waals surface area contributed by atoms with Gasteiger partial charge < -0.3 is 24.1 Å². The Morgan fingerprint density at radius 2 is 1.81 bits per heavy atom. The molecule has 1 saturated carbocycles. The van der Waals surface area contributed by atoms with Crippen LogP contribution >= 0.6 is 0 Å². The molecule has 1 N–H and O–H groups in total. The summed E-state index contributed by atoms with van der Waals surface area (Å²) in [6.07, 6.45) is 11.3. The van der Waals surface area contributed by atoms with Crippen molar-refractivity contribution in [2.45, 2.75) is 122 Å². The molecule has 1 aliphatic carbocycles. The van der Waals surface area contributed by atoms with Crippen molar-refractivity contribution in [2.24, 2.45) is 23.2 Å². The number of ether oxygens (including phenoxy) is 4. The highest BCUT2D eigenvalue weighted by Gasteiger charge is 2.71. The van der Waals surface area contributed by atoms with E-state index in [1.807, 2.05) is 13.8 Å². The van der Waals surface area contributed by atoms with E-state index in [-0.39, 0.29) is 11.4 Å². The molecule has 1 spiro atoms. The van der Waals surface area contributed by atoms with Gasteiger partial charge in [-0.25, -0.2) is 4.79 Å². The molecule has 2 unspecified atom stereocenters. The lowest BCUT2D eigenvalue weighted by atomic mass is 9.58. The average molecular weight is 503 g/mol. The first-order valence-electron chi connectivity index (χ1n) is 14.1. The molecule has 0 amide bonds. The molecule has 6 heteroatoms. The van der Waals surface area contributed by atoms with Crippen LogP contribution in [0.2, 0.25) is 0 Å². The third kappa shape index (κ3) is 4.20. The maximum atomic E-state index is 11.9. The van der Waals surface area contributed by atoms with Gasteiger partial charge in [0.2, 0.25) is 5.79 Å². The summed E-state index contributed by atoms with van der Waals surface area (Å²) in [6, 6.07) is 0. The molecule has 6 nitrogen and oxygen atoms in total. The Labute approximate surface area is 216 Å². The smallest absolute Gasteiger partial charge is 0.333 e. The molecule has 6 rings (SSSR count). The second-order valence-electron chi connectivity index (χ2n) is 13.4. The number of fused-ring (bicyclic) bond motifs is 2. The lowest BCUT2D eigenvalue weighted by molar-refractivity contribution is -0.522. The van der Waals surface area contributed by atoms with E-state index in [9.17, 15) is 9.90 Å². The fraction of sp³-hybridized carbons (Fsp3) is 0.833. The third-order valence-electron chi connectivity index (χ3n) is 10.6. The number of allylic oxidation sites excluding steroid dienone is 2. The van der Waals surface area contributed by atoms with E-state index in [4.69, 9.17) is 18.9 Å². The Balaban J connectivity index is 1.18. The van der Waals surface area contributed by atoms with Crippen LogP contribution in [0.4, 0.5) is 0 Å². The molecule has 6 atom stereocenters. The van der Waals surface area contributed by atoms with Crippen LogP contribution in [0.25, 0.3) is 0 Å². The Morgan fingerprint density at radius 1 is 1.03 bits per heavy atom. The first-order valence-corrected chi connectivity index (χ1v) is 14.1. The predicted molar refractivity (Wildman–Crippen MR) is 137 cm³/mol. The average Bonchev–Trinajstić information content (AvgIpc) is 3.20. The van der Waals surface area contributed by atoms with Crippen molar-refractivity contribution in [2.75, 3.05) is 13.2 Å². The molecule has 6 fully saturated rings. The first-order chi connectivity index (χ1) is 16.8. The second kappa shape index (κ2) is 8.93. The van der Waals surface area contributed by atoms with Gasteiger partial charge in [0.15, 0.2) is 5.79 Å². The Bertz CT molecular complexity index is 926. The molecule has 6 aliphatic rings. The molecule has 0 aromatic carbocycles. The van der Waals surface area contributed by atoms with E-state index in [1.54, 1.807) is 0 Å². The lowest BCUT2D eigenvalue weighted by Gasteiger charge is -2.66. The van der Waals surface area contributed by atoms with Crippen LogP contribution in [0.3, 0.4) is 0 Å². The van der Waals surface area contributed by atoms with Crippen molar-refractivity contribution in [3.63, 3.8) is 0 Å². The van der Waals surface area contributed by atoms with Gasteiger partial charge in [0, 0.05) is 24.8 Å². The topological polar surface area (TPSA) is 74.2 Å². The SMILES string of the molecule is C=C1CC[C@H](CC[C@@H]2CCC3(OC2)O[C@@]2(O)CC[C@@]3(C)OC2(C)C)C(C)(C)C1C/C=C1/CCOC1=O. The predicted octanol–water partition coefficient (Wildman–Crippen LogP) is 5.83. The summed E-state index contributed by atoms with van der Waals surface area (Å²) >= 11 is 0. The maximum Gasteiger partial charge on any atom is 0.333 e. The first kappa shape index (κ1) is 26.4. The van der Waals surface area contributed by atoms with Crippen molar-refractivity contribution >= 4 is 5.97 Å². The van der Waals surface area contributed by atoms with E-state index in [0.29, 0.717) is 37.4 Å². The van der Waals surface area contributed by atoms with Gasteiger partial charge in [0.05, 0.1) is 13.2 Å². The van der Waals surface area contributed by atoms with Gasteiger partial charge in [0.1, 0.15) is 11.2 Å². The quantitative estimate of drug-likeness (QED) is 0.290. The Hall–Kier alpha value is -1.21. The molecule has 36 heavy (non-hydrogen) atoms. The number of aliphatic hydroxyl groups is 1. The van der Waals surface area contributed by atoms with Crippen molar-refractivity contribution in [3.8, 4) is 0 Å². The summed E-state index contributed by atoms with van der Waals surface area (Å²) < 4.78 is 24.4. The van der Waals surface area contributed by atoms with Gasteiger partial charge in [-0.2, -0.15) is 0 Å². The highest BCUT2D eigenvalue weighted by atomic mass is 16.8. The van der Waals surface area contributed by atoms with Gasteiger partial charge >= 0.3 is 5.97 Å². The normalized spacial score (nSPS) is 44.8. The van der Waals surface area contributed by atoms with Gasteiger partial charge in [-0.1, -0.05) is 32.1 Å². The molecule has 0 aromatic rings. The zero-order chi connectivity index (χ0) is 26.0. The highest BCUT2D eigenvalue weighted by Crippen LogP contribution is 2.59. The molecule has 0 aromatic heterocycles. The number of cyclic esters (lactones) is 1. The Kier molecular flexibility index (Phi) is 6.55. The molecule has 5 aliphatic heterocycles. The molecule has 5 heterocycles. The van der Waals surface area contributed by atoms with Gasteiger partial charge in [-0.15, -0.1) is 0 Å². The van der Waals surface area contributed by atoms with E-state index >= 15 is 0 Å². The van der Waals surface area contributed by atoms with Crippen LogP contribution < -0.4 is 0 Å². The van der Waals surface area contributed by atoms with Gasteiger partial charge in [-0.3, -0.25) is 0 Å². The second-order valence-corrected chi connectivity index (χ2v) is 13.4. The molecule has 202 valence electrons. The van der Waals surface area contributed by atoms with Crippen LogP contribution in [0.1, 0.15) is 98.8 Å². The highest BCUT2D eigenvalue weighted by molar-refractivity contribution is 5.90. The molecule has 2 bridgehead atoms. The van der Waals surface area contributed by atoms with E-state index < -0.39 is 22.8 Å². The molecular weight excluding hydrogens is 456 g/mol. The lowest BCUT2D eigenvalue weighted by Crippen LogP contribution is -2.78. The van der Waals surface area contributed by atoms with Crippen LogP contribution in [0.15, 0.2) is 23.8 Å². The number of rotatable bonds is 5. The monoisotopic (exact) mass is 502 g/mol. The summed E-state index contributed by atoms with van der Waals surface area (Å²) in [4.78, 5) is 11.9. The molecule has 0 radical (unpaired) electrons. The number of hydrogen-bond donors (Lipinski definition) is 1. The van der Waals surface area contributed by atoms with E-state index in [2.05, 4.69) is 33.4 Å². The minimum atomic E-state index is -1.30. The van der Waals surface area contributed by atoms with Crippen LogP contribution in [0.5, 0.6) is 0 Å². The van der Waals surface area contributed by atoms with E-state index in [0.717, 1.165) is 50.5 Å². The summed E-state index contributed by atoms with van der Waals surface area (Å²) in [5.74, 6) is -0.816. The minimum Gasteiger partial charge on any atom is -0.462 e. The minimum absolute atomic E-state index is 0.132. The Morgan fingerprint density at radius 3 is 2.44 bits per heavy atom. The standard InChI is InChI=1S/C30H46O6/c1-20-7-10-23(26(2,3)24(20)12-9-22-14-18-33-25(22)31)11-8-21-13-15-30(34-19-21)28(6)16-17-29(32,36-30)27(4,5)35-28/h9,21,23-24,32H,1,7-8,10-19H2,2-6H3/b22-9-/t21-,23-,24?,28-,29+,30?/m1/s1. The fourth-order valence-corrected chi connectivity index (χ4v) is 7.79. The van der Waals surface area contributed by atoms with Crippen molar-refractivity contribution in [3.05, 3.63) is 23.8 Å². The fourth-order valence-electron chi connectivity index (χ4n) is 7.79. The van der Waals surface area contributed by atoms with Crippen molar-refractivity contribution < 1.29 is 28.8 Å². The molecular formula is C30H46O6. The van der Waals surface area contributed by atoms with Crippen LogP contribution in [0, 0.1) is 23.2 Å².